The minimum Gasteiger partial charge on any atom is -0.368 e. The summed E-state index contributed by atoms with van der Waals surface area (Å²) in [6, 6.07) is 6.67. The van der Waals surface area contributed by atoms with Crippen LogP contribution in [0.25, 0.3) is 0 Å². The fourth-order valence-corrected chi connectivity index (χ4v) is 2.53. The number of hydrogen-bond donors (Lipinski definition) is 1. The van der Waals surface area contributed by atoms with Crippen molar-refractivity contribution in [3.63, 3.8) is 0 Å². The van der Waals surface area contributed by atoms with Crippen molar-refractivity contribution in [2.45, 2.75) is 59.0 Å². The third kappa shape index (κ3) is 4.70. The number of halogens is 1. The maximum Gasteiger partial charge on any atom is 0.0642 e. The van der Waals surface area contributed by atoms with Gasteiger partial charge >= 0.3 is 0 Å². The molecule has 0 aliphatic rings. The zero-order chi connectivity index (χ0) is 14.4. The SMILES string of the molecule is CCCCCN(c1ccc([C@@H](C)N)cc1Cl)C(C)C. The molecule has 0 saturated carbocycles. The maximum atomic E-state index is 6.43. The van der Waals surface area contributed by atoms with Gasteiger partial charge in [0.1, 0.15) is 0 Å². The monoisotopic (exact) mass is 282 g/mol. The van der Waals surface area contributed by atoms with E-state index in [4.69, 9.17) is 17.3 Å². The van der Waals surface area contributed by atoms with Gasteiger partial charge in [-0.15, -0.1) is 0 Å². The lowest BCUT2D eigenvalue weighted by Gasteiger charge is -2.30. The molecule has 3 heteroatoms. The van der Waals surface area contributed by atoms with Crippen LogP contribution in [0.2, 0.25) is 5.02 Å². The Bertz CT molecular complexity index is 388. The van der Waals surface area contributed by atoms with Crippen LogP contribution in [0.5, 0.6) is 0 Å². The van der Waals surface area contributed by atoms with Crippen LogP contribution in [0.3, 0.4) is 0 Å². The summed E-state index contributed by atoms with van der Waals surface area (Å²) in [4.78, 5) is 2.38. The van der Waals surface area contributed by atoms with Gasteiger partial charge in [-0.05, 0) is 44.9 Å². The Morgan fingerprint density at radius 2 is 1.89 bits per heavy atom. The molecule has 0 aromatic heterocycles. The molecule has 0 spiro atoms. The number of rotatable bonds is 7. The van der Waals surface area contributed by atoms with Crippen LogP contribution >= 0.6 is 11.6 Å². The van der Waals surface area contributed by atoms with E-state index in [9.17, 15) is 0 Å². The van der Waals surface area contributed by atoms with Gasteiger partial charge in [0.2, 0.25) is 0 Å². The largest absolute Gasteiger partial charge is 0.368 e. The molecule has 108 valence electrons. The van der Waals surface area contributed by atoms with Crippen molar-refractivity contribution in [1.82, 2.24) is 0 Å². The minimum atomic E-state index is 0.0270. The molecule has 1 rings (SSSR count). The van der Waals surface area contributed by atoms with Gasteiger partial charge in [-0.1, -0.05) is 37.4 Å². The van der Waals surface area contributed by atoms with Gasteiger partial charge in [-0.25, -0.2) is 0 Å². The van der Waals surface area contributed by atoms with Crippen molar-refractivity contribution in [2.24, 2.45) is 5.73 Å². The van der Waals surface area contributed by atoms with Crippen molar-refractivity contribution in [3.05, 3.63) is 28.8 Å². The van der Waals surface area contributed by atoms with Crippen LogP contribution in [-0.4, -0.2) is 12.6 Å². The first-order valence-electron chi connectivity index (χ1n) is 7.29. The van der Waals surface area contributed by atoms with Crippen LogP contribution in [0.4, 0.5) is 5.69 Å². The van der Waals surface area contributed by atoms with Crippen LogP contribution in [0.15, 0.2) is 18.2 Å². The summed E-state index contributed by atoms with van der Waals surface area (Å²) in [5, 5.41) is 0.806. The molecule has 0 fully saturated rings. The van der Waals surface area contributed by atoms with Crippen molar-refractivity contribution >= 4 is 17.3 Å². The second kappa shape index (κ2) is 7.76. The Labute approximate surface area is 122 Å². The molecule has 1 aromatic carbocycles. The third-order valence-corrected chi connectivity index (χ3v) is 3.74. The Kier molecular flexibility index (Phi) is 6.67. The van der Waals surface area contributed by atoms with Gasteiger partial charge in [0, 0.05) is 18.6 Å². The lowest BCUT2D eigenvalue weighted by atomic mass is 10.1. The third-order valence-electron chi connectivity index (χ3n) is 3.43. The Hall–Kier alpha value is -0.730. The summed E-state index contributed by atoms with van der Waals surface area (Å²) in [6.07, 6.45) is 3.71. The second-order valence-corrected chi connectivity index (χ2v) is 5.90. The number of benzene rings is 1. The molecule has 0 heterocycles. The van der Waals surface area contributed by atoms with Crippen molar-refractivity contribution in [3.8, 4) is 0 Å². The summed E-state index contributed by atoms with van der Waals surface area (Å²) in [6.45, 7) is 9.68. The average molecular weight is 283 g/mol. The van der Waals surface area contributed by atoms with Gasteiger partial charge in [0.15, 0.2) is 0 Å². The summed E-state index contributed by atoms with van der Waals surface area (Å²) in [7, 11) is 0. The molecule has 2 nitrogen and oxygen atoms in total. The Balaban J connectivity index is 2.90. The summed E-state index contributed by atoms with van der Waals surface area (Å²) < 4.78 is 0. The standard InChI is InChI=1S/C16H27ClN2/c1-5-6-7-10-19(12(2)3)16-9-8-14(13(4)18)11-15(16)17/h8-9,11-13H,5-7,10,18H2,1-4H3/t13-/m1/s1. The highest BCUT2D eigenvalue weighted by atomic mass is 35.5. The van der Waals surface area contributed by atoms with Gasteiger partial charge < -0.3 is 10.6 Å². The summed E-state index contributed by atoms with van der Waals surface area (Å²) in [5.41, 5.74) is 8.11. The number of hydrogen-bond acceptors (Lipinski definition) is 2. The van der Waals surface area contributed by atoms with Crippen molar-refractivity contribution in [1.29, 1.82) is 0 Å². The lowest BCUT2D eigenvalue weighted by Crippen LogP contribution is -2.32. The van der Waals surface area contributed by atoms with Crippen molar-refractivity contribution in [2.75, 3.05) is 11.4 Å². The molecule has 0 bridgehead atoms. The fourth-order valence-electron chi connectivity index (χ4n) is 2.23. The minimum absolute atomic E-state index is 0.0270. The molecular formula is C16H27ClN2. The van der Waals surface area contributed by atoms with E-state index < -0.39 is 0 Å². The molecule has 0 radical (unpaired) electrons. The number of nitrogens with zero attached hydrogens (tertiary/aromatic N) is 1. The van der Waals surface area contributed by atoms with Gasteiger partial charge in [0.25, 0.3) is 0 Å². The lowest BCUT2D eigenvalue weighted by molar-refractivity contribution is 0.626. The Morgan fingerprint density at radius 1 is 1.21 bits per heavy atom. The molecule has 2 N–H and O–H groups in total. The highest BCUT2D eigenvalue weighted by Crippen LogP contribution is 2.30. The zero-order valence-corrected chi connectivity index (χ0v) is 13.4. The predicted molar refractivity (Wildman–Crippen MR) is 86.1 cm³/mol. The summed E-state index contributed by atoms with van der Waals surface area (Å²) >= 11 is 6.43. The van der Waals surface area contributed by atoms with E-state index in [1.165, 1.54) is 19.3 Å². The molecule has 0 aliphatic carbocycles. The van der Waals surface area contributed by atoms with Gasteiger partial charge in [-0.2, -0.15) is 0 Å². The quantitative estimate of drug-likeness (QED) is 0.730. The topological polar surface area (TPSA) is 29.3 Å². The number of nitrogens with two attached hydrogens (primary N) is 1. The highest BCUT2D eigenvalue weighted by molar-refractivity contribution is 6.33. The van der Waals surface area contributed by atoms with Crippen LogP contribution in [0.1, 0.15) is 58.6 Å². The molecular weight excluding hydrogens is 256 g/mol. The molecule has 19 heavy (non-hydrogen) atoms. The predicted octanol–water partition coefficient (Wildman–Crippen LogP) is 4.76. The maximum absolute atomic E-state index is 6.43. The van der Waals surface area contributed by atoms with E-state index in [0.29, 0.717) is 6.04 Å². The van der Waals surface area contributed by atoms with E-state index in [0.717, 1.165) is 22.8 Å². The van der Waals surface area contributed by atoms with Crippen molar-refractivity contribution < 1.29 is 0 Å². The number of unbranched alkanes of at least 4 members (excludes halogenated alkanes) is 2. The Morgan fingerprint density at radius 3 is 2.37 bits per heavy atom. The molecule has 0 amide bonds. The van der Waals surface area contributed by atoms with E-state index in [2.05, 4.69) is 37.8 Å². The smallest absolute Gasteiger partial charge is 0.0642 e. The van der Waals surface area contributed by atoms with Gasteiger partial charge in [-0.3, -0.25) is 0 Å². The first-order valence-corrected chi connectivity index (χ1v) is 7.66. The zero-order valence-electron chi connectivity index (χ0n) is 12.6. The molecule has 0 aliphatic heterocycles. The van der Waals surface area contributed by atoms with Gasteiger partial charge in [0.05, 0.1) is 10.7 Å². The molecule has 0 saturated heterocycles. The fraction of sp³-hybridized carbons (Fsp3) is 0.625. The highest BCUT2D eigenvalue weighted by Gasteiger charge is 2.14. The van der Waals surface area contributed by atoms with Crippen LogP contribution < -0.4 is 10.6 Å². The first kappa shape index (κ1) is 16.3. The van der Waals surface area contributed by atoms with E-state index in [1.807, 2.05) is 13.0 Å². The molecule has 1 atom stereocenters. The van der Waals surface area contributed by atoms with E-state index in [-0.39, 0.29) is 6.04 Å². The molecule has 0 unspecified atom stereocenters. The average Bonchev–Trinajstić information content (AvgIpc) is 2.35. The van der Waals surface area contributed by atoms with E-state index >= 15 is 0 Å². The van der Waals surface area contributed by atoms with Crippen LogP contribution in [0, 0.1) is 0 Å². The molecule has 1 aromatic rings. The first-order chi connectivity index (χ1) is 8.97. The normalized spacial score (nSPS) is 12.8. The number of anilines is 1. The summed E-state index contributed by atoms with van der Waals surface area (Å²) in [5.74, 6) is 0. The van der Waals surface area contributed by atoms with Crippen LogP contribution in [-0.2, 0) is 0 Å². The second-order valence-electron chi connectivity index (χ2n) is 5.49. The van der Waals surface area contributed by atoms with E-state index in [1.54, 1.807) is 0 Å².